The summed E-state index contributed by atoms with van der Waals surface area (Å²) in [5.74, 6) is -1.90. The molecule has 0 saturated heterocycles. The lowest BCUT2D eigenvalue weighted by Gasteiger charge is -2.24. The number of hydrogen-bond acceptors (Lipinski definition) is 7. The van der Waals surface area contributed by atoms with Crippen molar-refractivity contribution in [2.24, 2.45) is 5.92 Å². The predicted octanol–water partition coefficient (Wildman–Crippen LogP) is 2.87. The number of nitro benzene ring substituents is 1. The summed E-state index contributed by atoms with van der Waals surface area (Å²) >= 11 is 0. The number of carbonyl (C=O) groups excluding carboxylic acids is 3. The molecule has 0 spiro atoms. The Bertz CT molecular complexity index is 1030. The first-order valence-electron chi connectivity index (χ1n) is 9.21. The lowest BCUT2D eigenvalue weighted by molar-refractivity contribution is -0.385. The summed E-state index contributed by atoms with van der Waals surface area (Å²) in [5.41, 5.74) is -0.226. The third-order valence-corrected chi connectivity index (χ3v) is 4.73. The summed E-state index contributed by atoms with van der Waals surface area (Å²) in [6.45, 7) is 2.98. The van der Waals surface area contributed by atoms with Crippen molar-refractivity contribution in [2.75, 3.05) is 13.7 Å². The van der Waals surface area contributed by atoms with Crippen LogP contribution in [0.5, 0.6) is 11.5 Å². The quantitative estimate of drug-likeness (QED) is 0.310. The molecule has 2 aromatic rings. The highest BCUT2D eigenvalue weighted by molar-refractivity contribution is 6.12. The Hall–Kier alpha value is -3.75. The number of benzene rings is 2. The second kappa shape index (κ2) is 8.32. The molecule has 30 heavy (non-hydrogen) atoms. The summed E-state index contributed by atoms with van der Waals surface area (Å²) in [5, 5.41) is 11.2. The number of ketones is 1. The summed E-state index contributed by atoms with van der Waals surface area (Å²) in [4.78, 5) is 50.2. The van der Waals surface area contributed by atoms with E-state index in [1.54, 1.807) is 32.0 Å². The van der Waals surface area contributed by atoms with Gasteiger partial charge in [-0.2, -0.15) is 0 Å². The molecular weight excluding hydrogens is 392 g/mol. The van der Waals surface area contributed by atoms with E-state index in [-0.39, 0.29) is 34.2 Å². The highest BCUT2D eigenvalue weighted by atomic mass is 16.6. The normalized spacial score (nSPS) is 16.0. The Morgan fingerprint density at radius 3 is 2.57 bits per heavy atom. The molecular formula is C21H20N2O7. The van der Waals surface area contributed by atoms with Gasteiger partial charge in [-0.25, -0.2) is 0 Å². The van der Waals surface area contributed by atoms with Crippen molar-refractivity contribution in [3.05, 3.63) is 63.7 Å². The molecule has 1 heterocycles. The zero-order valence-corrected chi connectivity index (χ0v) is 16.7. The SMILES string of the molecule is COc1ccc(C(=O)CN2C(=O)c3ccccc3O[C@H](C(C)C)C2=O)cc1[N+](=O)[O-]. The number of carbonyl (C=O) groups is 3. The maximum absolute atomic E-state index is 13.0. The van der Waals surface area contributed by atoms with Gasteiger partial charge in [-0.15, -0.1) is 0 Å². The molecule has 1 aliphatic rings. The molecule has 0 bridgehead atoms. The zero-order valence-electron chi connectivity index (χ0n) is 16.7. The number of rotatable bonds is 6. The van der Waals surface area contributed by atoms with Crippen LogP contribution in [0.1, 0.15) is 34.6 Å². The minimum atomic E-state index is -0.949. The topological polar surface area (TPSA) is 116 Å². The van der Waals surface area contributed by atoms with Gasteiger partial charge in [0.25, 0.3) is 11.8 Å². The van der Waals surface area contributed by atoms with E-state index >= 15 is 0 Å². The zero-order chi connectivity index (χ0) is 22.0. The minimum absolute atomic E-state index is 0.000624. The van der Waals surface area contributed by atoms with Crippen LogP contribution in [-0.2, 0) is 4.79 Å². The third-order valence-electron chi connectivity index (χ3n) is 4.73. The number of methoxy groups -OCH3 is 1. The number of hydrogen-bond donors (Lipinski definition) is 0. The molecule has 0 unspecified atom stereocenters. The van der Waals surface area contributed by atoms with Crippen molar-refractivity contribution >= 4 is 23.3 Å². The lowest BCUT2D eigenvalue weighted by Crippen LogP contribution is -2.47. The number of imide groups is 1. The molecule has 156 valence electrons. The summed E-state index contributed by atoms with van der Waals surface area (Å²) < 4.78 is 10.7. The van der Waals surface area contributed by atoms with Crippen LogP contribution < -0.4 is 9.47 Å². The van der Waals surface area contributed by atoms with E-state index in [2.05, 4.69) is 0 Å². The first-order valence-corrected chi connectivity index (χ1v) is 9.21. The molecule has 1 aliphatic heterocycles. The van der Waals surface area contributed by atoms with Crippen LogP contribution in [0.15, 0.2) is 42.5 Å². The molecule has 0 fully saturated rings. The van der Waals surface area contributed by atoms with Crippen LogP contribution in [0.2, 0.25) is 0 Å². The first kappa shape index (κ1) is 21.0. The van der Waals surface area contributed by atoms with Crippen LogP contribution >= 0.6 is 0 Å². The fraction of sp³-hybridized carbons (Fsp3) is 0.286. The number of nitro groups is 1. The van der Waals surface area contributed by atoms with Crippen LogP contribution in [-0.4, -0.2) is 47.2 Å². The van der Waals surface area contributed by atoms with Crippen LogP contribution in [0.3, 0.4) is 0 Å². The van der Waals surface area contributed by atoms with Crippen molar-refractivity contribution in [1.82, 2.24) is 4.90 Å². The van der Waals surface area contributed by atoms with Gasteiger partial charge in [0.15, 0.2) is 17.6 Å². The van der Waals surface area contributed by atoms with E-state index < -0.39 is 35.2 Å². The average Bonchev–Trinajstić information content (AvgIpc) is 2.83. The Labute approximate surface area is 172 Å². The second-order valence-electron chi connectivity index (χ2n) is 7.08. The number of para-hydroxylation sites is 1. The standard InChI is InChI=1S/C21H20N2O7/c1-12(2)19-21(26)22(20(25)14-6-4-5-7-17(14)30-19)11-16(24)13-8-9-18(29-3)15(10-13)23(27)28/h4-10,12,19H,11H2,1-3H3/t19-/m1/s1. The molecule has 2 aromatic carbocycles. The predicted molar refractivity (Wildman–Crippen MR) is 106 cm³/mol. The van der Waals surface area contributed by atoms with Crippen molar-refractivity contribution in [2.45, 2.75) is 20.0 Å². The van der Waals surface area contributed by atoms with Gasteiger partial charge in [0.05, 0.1) is 24.1 Å². The van der Waals surface area contributed by atoms with E-state index in [0.29, 0.717) is 0 Å². The monoisotopic (exact) mass is 412 g/mol. The molecule has 9 nitrogen and oxygen atoms in total. The van der Waals surface area contributed by atoms with Crippen LogP contribution in [0.4, 0.5) is 5.69 Å². The molecule has 2 amide bonds. The average molecular weight is 412 g/mol. The Morgan fingerprint density at radius 1 is 1.23 bits per heavy atom. The van der Waals surface area contributed by atoms with Crippen molar-refractivity contribution in [1.29, 1.82) is 0 Å². The van der Waals surface area contributed by atoms with Gasteiger partial charge in [0.1, 0.15) is 5.75 Å². The largest absolute Gasteiger partial charge is 0.490 e. The van der Waals surface area contributed by atoms with Gasteiger partial charge in [-0.05, 0) is 30.2 Å². The maximum Gasteiger partial charge on any atom is 0.311 e. The van der Waals surface area contributed by atoms with Crippen molar-refractivity contribution in [3.63, 3.8) is 0 Å². The van der Waals surface area contributed by atoms with Gasteiger partial charge in [0.2, 0.25) is 0 Å². The highest BCUT2D eigenvalue weighted by Crippen LogP contribution is 2.30. The fourth-order valence-electron chi connectivity index (χ4n) is 3.14. The van der Waals surface area contributed by atoms with E-state index in [9.17, 15) is 24.5 Å². The van der Waals surface area contributed by atoms with Gasteiger partial charge < -0.3 is 9.47 Å². The number of ether oxygens (including phenoxy) is 2. The summed E-state index contributed by atoms with van der Waals surface area (Å²) in [6, 6.07) is 10.1. The molecule has 9 heteroatoms. The summed E-state index contributed by atoms with van der Waals surface area (Å²) in [7, 11) is 1.28. The Balaban J connectivity index is 1.97. The highest BCUT2D eigenvalue weighted by Gasteiger charge is 2.39. The molecule has 0 aromatic heterocycles. The van der Waals surface area contributed by atoms with Gasteiger partial charge >= 0.3 is 5.69 Å². The van der Waals surface area contributed by atoms with E-state index in [1.165, 1.54) is 25.3 Å². The number of Topliss-reactive ketones (excluding diaryl/α,β-unsaturated/α-hetero) is 1. The third kappa shape index (κ3) is 3.86. The number of nitrogens with zero attached hydrogens (tertiary/aromatic N) is 2. The lowest BCUT2D eigenvalue weighted by atomic mass is 10.0. The number of fused-ring (bicyclic) bond motifs is 1. The van der Waals surface area contributed by atoms with Crippen LogP contribution in [0, 0.1) is 16.0 Å². The summed E-state index contributed by atoms with van der Waals surface area (Å²) in [6.07, 6.45) is -0.949. The Morgan fingerprint density at radius 2 is 1.93 bits per heavy atom. The molecule has 0 aliphatic carbocycles. The molecule has 0 N–H and O–H groups in total. The molecule has 0 radical (unpaired) electrons. The van der Waals surface area contributed by atoms with Gasteiger partial charge in [-0.1, -0.05) is 26.0 Å². The van der Waals surface area contributed by atoms with Gasteiger partial charge in [-0.3, -0.25) is 29.4 Å². The first-order chi connectivity index (χ1) is 14.2. The smallest absolute Gasteiger partial charge is 0.311 e. The molecule has 3 rings (SSSR count). The molecule has 1 atom stereocenters. The maximum atomic E-state index is 13.0. The van der Waals surface area contributed by atoms with Gasteiger partial charge in [0, 0.05) is 11.6 Å². The van der Waals surface area contributed by atoms with E-state index in [0.717, 1.165) is 11.0 Å². The Kier molecular flexibility index (Phi) is 5.81. The fourth-order valence-corrected chi connectivity index (χ4v) is 3.14. The molecule has 0 saturated carbocycles. The second-order valence-corrected chi connectivity index (χ2v) is 7.08. The number of amides is 2. The van der Waals surface area contributed by atoms with E-state index in [1.807, 2.05) is 0 Å². The van der Waals surface area contributed by atoms with E-state index in [4.69, 9.17) is 9.47 Å². The van der Waals surface area contributed by atoms with Crippen molar-refractivity contribution < 1.29 is 28.8 Å². The van der Waals surface area contributed by atoms with Crippen LogP contribution in [0.25, 0.3) is 0 Å². The van der Waals surface area contributed by atoms with Crippen molar-refractivity contribution in [3.8, 4) is 11.5 Å². The minimum Gasteiger partial charge on any atom is -0.490 e.